The molecule has 2 aromatic carbocycles. The number of unbranched alkanes of at least 4 members (excludes halogenated alkanes) is 6. The summed E-state index contributed by atoms with van der Waals surface area (Å²) in [5.74, 6) is 1.28. The SMILES string of the molecule is CCCCOc1ccccc1C(C)(O[O-])C(OCCCC)OCCCC.CCCCOc1ccccc1C(C)(O[O-])C(OCCCC)OCCCC.[Ti+2]. The maximum Gasteiger partial charge on any atom is 2.00 e. The van der Waals surface area contributed by atoms with Crippen LogP contribution in [0.2, 0.25) is 0 Å². The van der Waals surface area contributed by atoms with E-state index in [4.69, 9.17) is 38.2 Å². The van der Waals surface area contributed by atoms with Crippen molar-refractivity contribution < 1.29 is 70.4 Å². The Labute approximate surface area is 336 Å². The van der Waals surface area contributed by atoms with Crippen LogP contribution in [-0.4, -0.2) is 52.2 Å². The van der Waals surface area contributed by atoms with Crippen LogP contribution in [0.25, 0.3) is 0 Å². The third-order valence-electron chi connectivity index (χ3n) is 8.67. The molecule has 0 aromatic heterocycles. The van der Waals surface area contributed by atoms with Crippen molar-refractivity contribution in [2.45, 2.75) is 156 Å². The van der Waals surface area contributed by atoms with Crippen molar-refractivity contribution in [3.8, 4) is 11.5 Å². The zero-order chi connectivity index (χ0) is 38.5. The van der Waals surface area contributed by atoms with Crippen LogP contribution in [0.3, 0.4) is 0 Å². The van der Waals surface area contributed by atoms with Crippen LogP contribution in [0, 0.1) is 0 Å². The summed E-state index contributed by atoms with van der Waals surface area (Å²) in [5, 5.41) is 23.7. The summed E-state index contributed by atoms with van der Waals surface area (Å²) in [6.45, 7) is 19.3. The van der Waals surface area contributed by atoms with Gasteiger partial charge in [0.25, 0.3) is 0 Å². The zero-order valence-corrected chi connectivity index (χ0v) is 35.6. The average Bonchev–Trinajstić information content (AvgIpc) is 3.17. The Kier molecular flexibility index (Phi) is 30.7. The fourth-order valence-electron chi connectivity index (χ4n) is 5.15. The van der Waals surface area contributed by atoms with Gasteiger partial charge in [0.05, 0.1) is 13.2 Å². The van der Waals surface area contributed by atoms with E-state index >= 15 is 0 Å². The minimum atomic E-state index is -1.29. The maximum atomic E-state index is 11.8. The zero-order valence-electron chi connectivity index (χ0n) is 34.1. The van der Waals surface area contributed by atoms with Crippen molar-refractivity contribution in [1.82, 2.24) is 0 Å². The van der Waals surface area contributed by atoms with E-state index in [0.29, 0.717) is 62.3 Å². The first-order chi connectivity index (χ1) is 25.3. The predicted molar refractivity (Wildman–Crippen MR) is 202 cm³/mol. The molecule has 0 heterocycles. The quantitative estimate of drug-likeness (QED) is 0.0250. The van der Waals surface area contributed by atoms with Gasteiger partial charge >= 0.3 is 21.7 Å². The van der Waals surface area contributed by atoms with E-state index in [-0.39, 0.29) is 21.7 Å². The van der Waals surface area contributed by atoms with Crippen molar-refractivity contribution >= 4 is 0 Å². The minimum absolute atomic E-state index is 0. The maximum absolute atomic E-state index is 11.8. The van der Waals surface area contributed by atoms with Gasteiger partial charge in [0.15, 0.2) is 12.6 Å². The van der Waals surface area contributed by atoms with Crippen molar-refractivity contribution in [3.05, 3.63) is 59.7 Å². The molecule has 0 aliphatic heterocycles. The molecule has 0 bridgehead atoms. The largest absolute Gasteiger partial charge is 2.00 e. The van der Waals surface area contributed by atoms with E-state index in [9.17, 15) is 10.5 Å². The third-order valence-corrected chi connectivity index (χ3v) is 8.67. The molecular formula is C42H70O10Ti. The summed E-state index contributed by atoms with van der Waals surface area (Å²) in [5.41, 5.74) is -1.26. The fourth-order valence-corrected chi connectivity index (χ4v) is 5.15. The van der Waals surface area contributed by atoms with E-state index in [1.807, 2.05) is 48.5 Å². The molecule has 2 unspecified atom stereocenters. The molecule has 0 N–H and O–H groups in total. The molecule has 2 atom stereocenters. The Morgan fingerprint density at radius 1 is 0.453 bits per heavy atom. The van der Waals surface area contributed by atoms with Gasteiger partial charge in [-0.25, -0.2) is 0 Å². The molecule has 53 heavy (non-hydrogen) atoms. The molecule has 0 spiro atoms. The van der Waals surface area contributed by atoms with Crippen molar-refractivity contribution in [2.75, 3.05) is 39.6 Å². The second-order valence-electron chi connectivity index (χ2n) is 13.3. The third kappa shape index (κ3) is 18.3. The molecule has 2 rings (SSSR count). The molecule has 0 fully saturated rings. The van der Waals surface area contributed by atoms with E-state index in [2.05, 4.69) is 41.5 Å². The Morgan fingerprint density at radius 2 is 0.717 bits per heavy atom. The smallest absolute Gasteiger partial charge is 0.722 e. The fraction of sp³-hybridized carbons (Fsp3) is 0.714. The van der Waals surface area contributed by atoms with Crippen molar-refractivity contribution in [1.29, 1.82) is 0 Å². The number of benzene rings is 2. The van der Waals surface area contributed by atoms with Crippen molar-refractivity contribution in [2.24, 2.45) is 0 Å². The second-order valence-corrected chi connectivity index (χ2v) is 13.3. The van der Waals surface area contributed by atoms with Gasteiger partial charge in [-0.2, -0.15) is 0 Å². The summed E-state index contributed by atoms with van der Waals surface area (Å²) in [7, 11) is 0. The molecule has 0 radical (unpaired) electrons. The molecule has 302 valence electrons. The first kappa shape index (κ1) is 51.4. The van der Waals surface area contributed by atoms with Gasteiger partial charge in [-0.05, 0) is 64.5 Å². The van der Waals surface area contributed by atoms with Crippen LogP contribution < -0.4 is 20.0 Å². The molecule has 0 aliphatic carbocycles. The van der Waals surface area contributed by atoms with Crippen LogP contribution in [0.1, 0.15) is 144 Å². The Hall–Kier alpha value is -1.57. The summed E-state index contributed by atoms with van der Waals surface area (Å²) >= 11 is 0. The standard InChI is InChI=1S/2C21H36O5.Ti/c2*1-5-8-15-23-19-14-12-11-13-18(19)21(4,26-22)20(24-16-9-6-2)25-17-10-7-3;/h2*11-14,20,22H,5-10,15-17H2,1-4H3;/q;;+2/p-2. The van der Waals surface area contributed by atoms with Gasteiger partial charge < -0.3 is 48.7 Å². The molecular weight excluding hydrogens is 712 g/mol. The minimum Gasteiger partial charge on any atom is -0.722 e. The summed E-state index contributed by atoms with van der Waals surface area (Å²) < 4.78 is 35.5. The molecule has 0 aliphatic rings. The van der Waals surface area contributed by atoms with Crippen LogP contribution in [0.5, 0.6) is 11.5 Å². The number of hydrogen-bond acceptors (Lipinski definition) is 10. The molecule has 0 amide bonds. The first-order valence-corrected chi connectivity index (χ1v) is 19.8. The van der Waals surface area contributed by atoms with Gasteiger partial charge in [-0.1, -0.05) is 116 Å². The van der Waals surface area contributed by atoms with Crippen LogP contribution in [0.4, 0.5) is 0 Å². The second kappa shape index (κ2) is 31.6. The van der Waals surface area contributed by atoms with Crippen LogP contribution in [-0.2, 0) is 61.6 Å². The molecule has 2 aromatic rings. The molecule has 0 saturated carbocycles. The summed E-state index contributed by atoms with van der Waals surface area (Å²) in [6.07, 6.45) is 10.0. The normalized spacial score (nSPS) is 13.5. The van der Waals surface area contributed by atoms with E-state index in [0.717, 1.165) is 77.0 Å². The molecule has 10 nitrogen and oxygen atoms in total. The first-order valence-electron chi connectivity index (χ1n) is 19.8. The van der Waals surface area contributed by atoms with Gasteiger partial charge in [0.1, 0.15) is 22.7 Å². The van der Waals surface area contributed by atoms with Gasteiger partial charge in [-0.3, -0.25) is 0 Å². The van der Waals surface area contributed by atoms with Gasteiger partial charge in [0, 0.05) is 37.6 Å². The van der Waals surface area contributed by atoms with Crippen LogP contribution >= 0.6 is 0 Å². The predicted octanol–water partition coefficient (Wildman–Crippen LogP) is 8.66. The van der Waals surface area contributed by atoms with E-state index in [1.165, 1.54) is 0 Å². The summed E-state index contributed by atoms with van der Waals surface area (Å²) in [6, 6.07) is 14.9. The Balaban J connectivity index is 0.00000100. The number of hydrogen-bond donors (Lipinski definition) is 0. The Morgan fingerprint density at radius 3 is 0.981 bits per heavy atom. The average molecular weight is 783 g/mol. The van der Waals surface area contributed by atoms with Crippen LogP contribution in [0.15, 0.2) is 48.5 Å². The summed E-state index contributed by atoms with van der Waals surface area (Å²) in [4.78, 5) is 9.43. The van der Waals surface area contributed by atoms with E-state index < -0.39 is 23.8 Å². The number of rotatable bonds is 30. The Bertz CT molecular complexity index is 1030. The monoisotopic (exact) mass is 782 g/mol. The number of ether oxygens (including phenoxy) is 6. The molecule has 11 heteroatoms. The van der Waals surface area contributed by atoms with Crippen molar-refractivity contribution in [3.63, 3.8) is 0 Å². The number of para-hydroxylation sites is 2. The topological polar surface area (TPSA) is 120 Å². The van der Waals surface area contributed by atoms with Gasteiger partial charge in [-0.15, -0.1) is 0 Å². The van der Waals surface area contributed by atoms with E-state index in [1.54, 1.807) is 13.8 Å². The molecule has 0 saturated heterocycles. The van der Waals surface area contributed by atoms with Gasteiger partial charge in [0.2, 0.25) is 0 Å².